The van der Waals surface area contributed by atoms with Crippen LogP contribution in [0.2, 0.25) is 0 Å². The zero-order valence-corrected chi connectivity index (χ0v) is 9.42. The first-order valence-electron chi connectivity index (χ1n) is 5.60. The average Bonchev–Trinajstić information content (AvgIpc) is 2.33. The van der Waals surface area contributed by atoms with Crippen LogP contribution in [0.25, 0.3) is 0 Å². The van der Waals surface area contributed by atoms with Gasteiger partial charge in [0.1, 0.15) is 0 Å². The number of ether oxygens (including phenoxy) is 1. The van der Waals surface area contributed by atoms with Gasteiger partial charge < -0.3 is 15.4 Å². The van der Waals surface area contributed by atoms with Gasteiger partial charge in [-0.2, -0.15) is 0 Å². The van der Waals surface area contributed by atoms with Crippen LogP contribution >= 0.6 is 0 Å². The van der Waals surface area contributed by atoms with Gasteiger partial charge in [0.2, 0.25) is 0 Å². The van der Waals surface area contributed by atoms with E-state index < -0.39 is 0 Å². The first-order chi connectivity index (χ1) is 7.79. The summed E-state index contributed by atoms with van der Waals surface area (Å²) in [7, 11) is 1.48. The smallest absolute Gasteiger partial charge is 0.165 e. The molecule has 1 aromatic carbocycles. The lowest BCUT2D eigenvalue weighted by Crippen LogP contribution is -2.38. The van der Waals surface area contributed by atoms with Crippen LogP contribution in [-0.2, 0) is 0 Å². The van der Waals surface area contributed by atoms with Crippen LogP contribution in [0.4, 0.5) is 10.1 Å². The maximum Gasteiger partial charge on any atom is 0.165 e. The Morgan fingerprint density at radius 1 is 1.50 bits per heavy atom. The van der Waals surface area contributed by atoms with Gasteiger partial charge in [0.15, 0.2) is 11.6 Å². The summed E-state index contributed by atoms with van der Waals surface area (Å²) in [6.07, 6.45) is 2.32. The summed E-state index contributed by atoms with van der Waals surface area (Å²) in [6, 6.07) is 5.29. The highest BCUT2D eigenvalue weighted by atomic mass is 19.1. The Morgan fingerprint density at radius 3 is 3.06 bits per heavy atom. The molecule has 2 rings (SSSR count). The van der Waals surface area contributed by atoms with Gasteiger partial charge in [-0.1, -0.05) is 0 Å². The van der Waals surface area contributed by atoms with Crippen molar-refractivity contribution in [1.82, 2.24) is 5.32 Å². The summed E-state index contributed by atoms with van der Waals surface area (Å²) in [6.45, 7) is 2.05. The molecule has 1 aromatic rings. The number of hydrogen-bond donors (Lipinski definition) is 2. The van der Waals surface area contributed by atoms with Crippen molar-refractivity contribution in [3.8, 4) is 5.75 Å². The highest BCUT2D eigenvalue weighted by molar-refractivity contribution is 5.49. The summed E-state index contributed by atoms with van der Waals surface area (Å²) >= 11 is 0. The van der Waals surface area contributed by atoms with Gasteiger partial charge >= 0.3 is 0 Å². The number of anilines is 1. The average molecular weight is 224 g/mol. The minimum absolute atomic E-state index is 0.286. The SMILES string of the molecule is COc1cc(NC2CCCNC2)ccc1F. The fourth-order valence-corrected chi connectivity index (χ4v) is 1.96. The third kappa shape index (κ3) is 2.64. The Bertz CT molecular complexity index is 351. The van der Waals surface area contributed by atoms with E-state index in [-0.39, 0.29) is 11.6 Å². The van der Waals surface area contributed by atoms with Crippen LogP contribution in [0, 0.1) is 5.82 Å². The van der Waals surface area contributed by atoms with E-state index in [4.69, 9.17) is 4.74 Å². The molecule has 1 heterocycles. The molecule has 0 amide bonds. The Morgan fingerprint density at radius 2 is 2.38 bits per heavy atom. The molecule has 0 spiro atoms. The highest BCUT2D eigenvalue weighted by Gasteiger charge is 2.13. The molecule has 4 heteroatoms. The molecule has 0 aliphatic carbocycles. The Kier molecular flexibility index (Phi) is 3.62. The highest BCUT2D eigenvalue weighted by Crippen LogP contribution is 2.22. The lowest BCUT2D eigenvalue weighted by molar-refractivity contribution is 0.386. The standard InChI is InChI=1S/C12H17FN2O/c1-16-12-7-9(4-5-11(12)13)15-10-3-2-6-14-8-10/h4-5,7,10,14-15H,2-3,6,8H2,1H3. The lowest BCUT2D eigenvalue weighted by Gasteiger charge is -2.25. The summed E-state index contributed by atoms with van der Waals surface area (Å²) in [5.41, 5.74) is 0.909. The van der Waals surface area contributed by atoms with Crippen LogP contribution in [0.15, 0.2) is 18.2 Å². The molecule has 1 fully saturated rings. The van der Waals surface area contributed by atoms with Crippen LogP contribution in [0.1, 0.15) is 12.8 Å². The number of piperidine rings is 1. The Labute approximate surface area is 95.0 Å². The summed E-state index contributed by atoms with van der Waals surface area (Å²) in [4.78, 5) is 0. The lowest BCUT2D eigenvalue weighted by atomic mass is 10.1. The van der Waals surface area contributed by atoms with Crippen molar-refractivity contribution in [2.75, 3.05) is 25.5 Å². The third-order valence-corrected chi connectivity index (χ3v) is 2.82. The number of hydrogen-bond acceptors (Lipinski definition) is 3. The second kappa shape index (κ2) is 5.16. The fourth-order valence-electron chi connectivity index (χ4n) is 1.96. The minimum atomic E-state index is -0.324. The van der Waals surface area contributed by atoms with Crippen molar-refractivity contribution < 1.29 is 9.13 Å². The Balaban J connectivity index is 2.03. The second-order valence-electron chi connectivity index (χ2n) is 4.04. The third-order valence-electron chi connectivity index (χ3n) is 2.82. The molecule has 1 atom stereocenters. The van der Waals surface area contributed by atoms with E-state index in [2.05, 4.69) is 10.6 Å². The molecule has 2 N–H and O–H groups in total. The van der Waals surface area contributed by atoms with Gasteiger partial charge in [0.25, 0.3) is 0 Å². The van der Waals surface area contributed by atoms with Gasteiger partial charge in [-0.25, -0.2) is 4.39 Å². The largest absolute Gasteiger partial charge is 0.494 e. The fraction of sp³-hybridized carbons (Fsp3) is 0.500. The van der Waals surface area contributed by atoms with Crippen molar-refractivity contribution in [1.29, 1.82) is 0 Å². The molecule has 0 radical (unpaired) electrons. The van der Waals surface area contributed by atoms with E-state index in [0.29, 0.717) is 6.04 Å². The first kappa shape index (κ1) is 11.2. The van der Waals surface area contributed by atoms with Crippen molar-refractivity contribution in [3.63, 3.8) is 0 Å². The quantitative estimate of drug-likeness (QED) is 0.824. The number of halogens is 1. The van der Waals surface area contributed by atoms with Crippen molar-refractivity contribution in [2.24, 2.45) is 0 Å². The van der Waals surface area contributed by atoms with E-state index in [9.17, 15) is 4.39 Å². The number of benzene rings is 1. The second-order valence-corrected chi connectivity index (χ2v) is 4.04. The molecule has 88 valence electrons. The number of methoxy groups -OCH3 is 1. The van der Waals surface area contributed by atoms with Crippen LogP contribution in [0.3, 0.4) is 0 Å². The first-order valence-corrected chi connectivity index (χ1v) is 5.60. The minimum Gasteiger partial charge on any atom is -0.494 e. The van der Waals surface area contributed by atoms with E-state index in [0.717, 1.165) is 25.2 Å². The zero-order valence-electron chi connectivity index (χ0n) is 9.42. The van der Waals surface area contributed by atoms with Crippen molar-refractivity contribution in [2.45, 2.75) is 18.9 Å². The van der Waals surface area contributed by atoms with Gasteiger partial charge in [0.05, 0.1) is 7.11 Å². The van der Waals surface area contributed by atoms with Gasteiger partial charge in [-0.15, -0.1) is 0 Å². The van der Waals surface area contributed by atoms with Crippen LogP contribution in [0.5, 0.6) is 5.75 Å². The van der Waals surface area contributed by atoms with Gasteiger partial charge in [0, 0.05) is 24.3 Å². The molecule has 3 nitrogen and oxygen atoms in total. The van der Waals surface area contributed by atoms with E-state index >= 15 is 0 Å². The summed E-state index contributed by atoms with van der Waals surface area (Å²) in [5, 5.41) is 6.70. The van der Waals surface area contributed by atoms with Crippen molar-refractivity contribution in [3.05, 3.63) is 24.0 Å². The van der Waals surface area contributed by atoms with E-state index in [1.54, 1.807) is 12.1 Å². The monoisotopic (exact) mass is 224 g/mol. The van der Waals surface area contributed by atoms with Gasteiger partial charge in [-0.3, -0.25) is 0 Å². The zero-order chi connectivity index (χ0) is 11.4. The molecular weight excluding hydrogens is 207 g/mol. The predicted molar refractivity (Wildman–Crippen MR) is 62.5 cm³/mol. The molecule has 1 aliphatic heterocycles. The summed E-state index contributed by atoms with van der Waals surface area (Å²) in [5.74, 6) is -0.0383. The molecule has 16 heavy (non-hydrogen) atoms. The molecule has 0 saturated carbocycles. The van der Waals surface area contributed by atoms with Crippen molar-refractivity contribution >= 4 is 5.69 Å². The number of nitrogens with one attached hydrogen (secondary N) is 2. The maximum absolute atomic E-state index is 13.2. The maximum atomic E-state index is 13.2. The van der Waals surface area contributed by atoms with Crippen LogP contribution < -0.4 is 15.4 Å². The number of rotatable bonds is 3. The van der Waals surface area contributed by atoms with Crippen LogP contribution in [-0.4, -0.2) is 26.2 Å². The molecule has 0 bridgehead atoms. The normalized spacial score (nSPS) is 20.5. The molecule has 1 unspecified atom stereocenters. The summed E-state index contributed by atoms with van der Waals surface area (Å²) < 4.78 is 18.1. The van der Waals surface area contributed by atoms with Gasteiger partial charge in [-0.05, 0) is 31.5 Å². The predicted octanol–water partition coefficient (Wildman–Crippen LogP) is 2.00. The molecular formula is C12H17FN2O. The molecule has 0 aromatic heterocycles. The molecule has 1 saturated heterocycles. The molecule has 1 aliphatic rings. The van der Waals surface area contributed by atoms with E-state index in [1.807, 2.05) is 0 Å². The topological polar surface area (TPSA) is 33.3 Å². The Hall–Kier alpha value is -1.29. The van der Waals surface area contributed by atoms with E-state index in [1.165, 1.54) is 19.6 Å².